The van der Waals surface area contributed by atoms with Gasteiger partial charge in [0.15, 0.2) is 0 Å². The van der Waals surface area contributed by atoms with E-state index in [9.17, 15) is 5.26 Å². The van der Waals surface area contributed by atoms with Gasteiger partial charge in [-0.2, -0.15) is 5.26 Å². The number of hydrogen-bond donors (Lipinski definition) is 0. The van der Waals surface area contributed by atoms with Crippen molar-refractivity contribution in [3.63, 3.8) is 0 Å². The first-order chi connectivity index (χ1) is 20.8. The number of nitrogens with zero attached hydrogens (tertiary/aromatic N) is 3. The van der Waals surface area contributed by atoms with E-state index in [1.165, 1.54) is 32.1 Å². The van der Waals surface area contributed by atoms with Crippen LogP contribution in [-0.4, -0.2) is 9.55 Å². The fourth-order valence-electron chi connectivity index (χ4n) is 5.81. The van der Waals surface area contributed by atoms with Crippen LogP contribution in [0.25, 0.3) is 70.5 Å². The van der Waals surface area contributed by atoms with E-state index in [0.717, 1.165) is 38.4 Å². The van der Waals surface area contributed by atoms with Gasteiger partial charge < -0.3 is 4.57 Å². The number of rotatable bonds is 4. The third-order valence-electron chi connectivity index (χ3n) is 7.88. The summed E-state index contributed by atoms with van der Waals surface area (Å²) in [6, 6.07) is 50.8. The van der Waals surface area contributed by atoms with E-state index in [2.05, 4.69) is 120 Å². The van der Waals surface area contributed by atoms with Crippen LogP contribution in [0, 0.1) is 11.3 Å². The van der Waals surface area contributed by atoms with Gasteiger partial charge in [-0.05, 0) is 70.8 Å². The molecule has 0 amide bonds. The maximum Gasteiger partial charge on any atom is 0.124 e. The average Bonchev–Trinajstić information content (AvgIpc) is 3.65. The topological polar surface area (TPSA) is 41.6 Å². The van der Waals surface area contributed by atoms with Gasteiger partial charge in [-0.25, -0.2) is 4.98 Å². The first-order valence-electron chi connectivity index (χ1n) is 13.9. The van der Waals surface area contributed by atoms with Crippen LogP contribution >= 0.6 is 11.3 Å². The van der Waals surface area contributed by atoms with Crippen molar-refractivity contribution in [1.82, 2.24) is 9.55 Å². The minimum Gasteiger partial charge on any atom is -0.308 e. The van der Waals surface area contributed by atoms with Gasteiger partial charge in [0.1, 0.15) is 5.01 Å². The Morgan fingerprint density at radius 2 is 1.19 bits per heavy atom. The van der Waals surface area contributed by atoms with Gasteiger partial charge in [0.2, 0.25) is 0 Å². The summed E-state index contributed by atoms with van der Waals surface area (Å²) in [7, 11) is 0. The van der Waals surface area contributed by atoms with Crippen LogP contribution in [0.1, 0.15) is 5.56 Å². The van der Waals surface area contributed by atoms with Crippen molar-refractivity contribution in [2.45, 2.75) is 0 Å². The molecule has 0 atom stereocenters. The largest absolute Gasteiger partial charge is 0.308 e. The number of thiazole rings is 1. The second-order valence-electron chi connectivity index (χ2n) is 10.4. The Kier molecular flexibility index (Phi) is 5.70. The van der Waals surface area contributed by atoms with Crippen LogP contribution in [0.3, 0.4) is 0 Å². The highest BCUT2D eigenvalue weighted by molar-refractivity contribution is 7.22. The maximum atomic E-state index is 9.18. The van der Waals surface area contributed by atoms with Crippen molar-refractivity contribution in [2.75, 3.05) is 0 Å². The summed E-state index contributed by atoms with van der Waals surface area (Å²) in [5.74, 6) is 0. The predicted molar refractivity (Wildman–Crippen MR) is 175 cm³/mol. The summed E-state index contributed by atoms with van der Waals surface area (Å²) >= 11 is 1.75. The van der Waals surface area contributed by atoms with Crippen molar-refractivity contribution in [2.24, 2.45) is 0 Å². The van der Waals surface area contributed by atoms with Crippen LogP contribution in [-0.2, 0) is 0 Å². The Hall–Kier alpha value is -5.50. The zero-order valence-corrected chi connectivity index (χ0v) is 23.3. The molecule has 0 radical (unpaired) electrons. The molecule has 0 saturated heterocycles. The van der Waals surface area contributed by atoms with Gasteiger partial charge in [-0.1, -0.05) is 91.0 Å². The van der Waals surface area contributed by atoms with Crippen LogP contribution < -0.4 is 0 Å². The molecule has 8 rings (SSSR count). The Morgan fingerprint density at radius 1 is 0.571 bits per heavy atom. The molecule has 0 fully saturated rings. The number of benzene rings is 6. The molecule has 2 aromatic heterocycles. The Morgan fingerprint density at radius 3 is 1.88 bits per heavy atom. The maximum absolute atomic E-state index is 9.18. The summed E-state index contributed by atoms with van der Waals surface area (Å²) in [6.07, 6.45) is 0. The molecular formula is C38H23N3S. The average molecular weight is 554 g/mol. The minimum atomic E-state index is 0.666. The fourth-order valence-corrected chi connectivity index (χ4v) is 6.91. The van der Waals surface area contributed by atoms with Gasteiger partial charge in [-0.3, -0.25) is 0 Å². The number of nitriles is 1. The third-order valence-corrected chi connectivity index (χ3v) is 9.01. The molecule has 3 nitrogen and oxygen atoms in total. The second-order valence-corrected chi connectivity index (χ2v) is 11.4. The highest BCUT2D eigenvalue weighted by Gasteiger charge is 2.19. The molecule has 0 unspecified atom stereocenters. The molecule has 0 saturated carbocycles. The number of hydrogen-bond acceptors (Lipinski definition) is 3. The quantitative estimate of drug-likeness (QED) is 0.218. The molecule has 0 N–H and O–H groups in total. The Labute approximate surface area is 247 Å². The standard InChI is InChI=1S/C38H23N3S/c39-24-25-11-13-27(14-12-25)28-15-18-31(19-16-28)41-35-22-17-30(26-7-3-1-4-8-26)23-33(35)32-20-21-34-37(36(32)41)42-38(40-34)29-9-5-2-6-10-29/h1-23H. The second kappa shape index (κ2) is 9.85. The number of aromatic nitrogens is 2. The third kappa shape index (κ3) is 3.99. The van der Waals surface area contributed by atoms with Crippen molar-refractivity contribution >= 4 is 43.4 Å². The lowest BCUT2D eigenvalue weighted by Crippen LogP contribution is -1.94. The molecule has 0 aliphatic carbocycles. The zero-order valence-electron chi connectivity index (χ0n) is 22.5. The highest BCUT2D eigenvalue weighted by atomic mass is 32.1. The molecule has 2 heterocycles. The van der Waals surface area contributed by atoms with E-state index >= 15 is 0 Å². The van der Waals surface area contributed by atoms with Gasteiger partial charge >= 0.3 is 0 Å². The van der Waals surface area contributed by atoms with Crippen LogP contribution in [0.5, 0.6) is 0 Å². The summed E-state index contributed by atoms with van der Waals surface area (Å²) in [5.41, 5.74) is 10.9. The van der Waals surface area contributed by atoms with Crippen LogP contribution in [0.4, 0.5) is 0 Å². The predicted octanol–water partition coefficient (Wildman–Crippen LogP) is 10.3. The van der Waals surface area contributed by atoms with E-state index in [1.807, 2.05) is 30.3 Å². The number of fused-ring (bicyclic) bond motifs is 5. The van der Waals surface area contributed by atoms with Crippen molar-refractivity contribution in [3.05, 3.63) is 145 Å². The minimum absolute atomic E-state index is 0.666. The van der Waals surface area contributed by atoms with Crippen LogP contribution in [0.15, 0.2) is 140 Å². The highest BCUT2D eigenvalue weighted by Crippen LogP contribution is 2.42. The van der Waals surface area contributed by atoms with Crippen molar-refractivity contribution in [3.8, 4) is 44.6 Å². The smallest absolute Gasteiger partial charge is 0.124 e. The Bertz CT molecular complexity index is 2230. The SMILES string of the molecule is N#Cc1ccc(-c2ccc(-n3c4ccc(-c5ccccc5)cc4c4ccc5nc(-c6ccccc6)sc5c43)cc2)cc1. The lowest BCUT2D eigenvalue weighted by Gasteiger charge is -2.10. The normalized spacial score (nSPS) is 11.3. The molecule has 0 spiro atoms. The van der Waals surface area contributed by atoms with Gasteiger partial charge in [0.25, 0.3) is 0 Å². The van der Waals surface area contributed by atoms with Crippen molar-refractivity contribution < 1.29 is 0 Å². The zero-order chi connectivity index (χ0) is 28.0. The Balaban J connectivity index is 1.37. The van der Waals surface area contributed by atoms with Crippen molar-refractivity contribution in [1.29, 1.82) is 5.26 Å². The summed E-state index contributed by atoms with van der Waals surface area (Å²) < 4.78 is 3.57. The van der Waals surface area contributed by atoms with Gasteiger partial charge in [0, 0.05) is 22.0 Å². The van der Waals surface area contributed by atoms with Gasteiger partial charge in [0.05, 0.1) is 32.9 Å². The van der Waals surface area contributed by atoms with Gasteiger partial charge in [-0.15, -0.1) is 11.3 Å². The van der Waals surface area contributed by atoms with E-state index in [0.29, 0.717) is 5.56 Å². The lowest BCUT2D eigenvalue weighted by molar-refractivity contribution is 1.19. The molecule has 6 aromatic carbocycles. The molecule has 4 heteroatoms. The summed E-state index contributed by atoms with van der Waals surface area (Å²) in [5, 5.41) is 12.6. The van der Waals surface area contributed by atoms with E-state index in [4.69, 9.17) is 4.98 Å². The fraction of sp³-hybridized carbons (Fsp3) is 0. The molecule has 196 valence electrons. The first kappa shape index (κ1) is 24.3. The summed E-state index contributed by atoms with van der Waals surface area (Å²) in [4.78, 5) is 5.05. The molecule has 42 heavy (non-hydrogen) atoms. The monoisotopic (exact) mass is 553 g/mol. The van der Waals surface area contributed by atoms with Crippen LogP contribution in [0.2, 0.25) is 0 Å². The molecule has 0 aliphatic heterocycles. The molecule has 0 aliphatic rings. The van der Waals surface area contributed by atoms with E-state index in [-0.39, 0.29) is 0 Å². The van der Waals surface area contributed by atoms with E-state index in [1.54, 1.807) is 11.3 Å². The summed E-state index contributed by atoms with van der Waals surface area (Å²) in [6.45, 7) is 0. The first-order valence-corrected chi connectivity index (χ1v) is 14.7. The molecular weight excluding hydrogens is 531 g/mol. The molecule has 0 bridgehead atoms. The van der Waals surface area contributed by atoms with E-state index < -0.39 is 0 Å². The molecule has 8 aromatic rings. The lowest BCUT2D eigenvalue weighted by atomic mass is 10.0.